The minimum atomic E-state index is -1.88. The maximum Gasteiger partial charge on any atom is 0.334 e. The minimum absolute atomic E-state index is 0.779. The van der Waals surface area contributed by atoms with Gasteiger partial charge in [0.2, 0.25) is 0 Å². The van der Waals surface area contributed by atoms with Crippen LogP contribution in [-0.2, 0) is 17.7 Å². The normalized spacial score (nSPS) is 12.6. The molecule has 28 heavy (non-hydrogen) atoms. The average molecular weight is 435 g/mol. The van der Waals surface area contributed by atoms with Crippen LogP contribution in [0.5, 0.6) is 0 Å². The minimum Gasteiger partial charge on any atom is -0.395 e. The molecule has 0 saturated carbocycles. The predicted octanol–water partition coefficient (Wildman–Crippen LogP) is 7.18. The van der Waals surface area contributed by atoms with E-state index in [-0.39, 0.29) is 0 Å². The van der Waals surface area contributed by atoms with Crippen LogP contribution in [0.15, 0.2) is 0 Å². The van der Waals surface area contributed by atoms with E-state index in [1.807, 2.05) is 0 Å². The summed E-state index contributed by atoms with van der Waals surface area (Å²) in [7, 11) is -3.77. The predicted molar refractivity (Wildman–Crippen MR) is 126 cm³/mol. The largest absolute Gasteiger partial charge is 0.395 e. The van der Waals surface area contributed by atoms with Crippen LogP contribution in [-0.4, -0.2) is 43.5 Å². The summed E-state index contributed by atoms with van der Waals surface area (Å²) in [6, 6.07) is 2.28. The third-order valence-corrected chi connectivity index (χ3v) is 11.4. The van der Waals surface area contributed by atoms with Crippen molar-refractivity contribution >= 4 is 17.1 Å². The van der Waals surface area contributed by atoms with Crippen molar-refractivity contribution in [1.82, 2.24) is 0 Å². The molecule has 0 aromatic heterocycles. The van der Waals surface area contributed by atoms with Gasteiger partial charge in [0.1, 0.15) is 0 Å². The second-order valence-corrected chi connectivity index (χ2v) is 14.7. The highest BCUT2D eigenvalue weighted by atomic mass is 28.4. The molecule has 0 heterocycles. The molecule has 170 valence electrons. The first-order valence-electron chi connectivity index (χ1n) is 12.0. The Kier molecular flexibility index (Phi) is 18.3. The first-order chi connectivity index (χ1) is 13.4. The number of hydrogen-bond acceptors (Lipinski definition) is 4. The molecule has 0 saturated heterocycles. The van der Waals surface area contributed by atoms with Crippen molar-refractivity contribution in [2.75, 3.05) is 26.4 Å². The fourth-order valence-electron chi connectivity index (χ4n) is 3.90. The number of rotatable bonds is 21. The summed E-state index contributed by atoms with van der Waals surface area (Å²) in [5, 5.41) is 0. The molecule has 0 N–H and O–H groups in total. The van der Waals surface area contributed by atoms with Crippen LogP contribution in [0.3, 0.4) is 0 Å². The third-order valence-electron chi connectivity index (χ3n) is 5.31. The van der Waals surface area contributed by atoms with E-state index < -0.39 is 17.1 Å². The summed E-state index contributed by atoms with van der Waals surface area (Å²) in [5.74, 6) is 0. The Balaban J connectivity index is 3.55. The van der Waals surface area contributed by atoms with Crippen molar-refractivity contribution in [3.05, 3.63) is 0 Å². The Morgan fingerprint density at radius 1 is 0.393 bits per heavy atom. The van der Waals surface area contributed by atoms with E-state index in [0.717, 1.165) is 38.5 Å². The van der Waals surface area contributed by atoms with Gasteiger partial charge in [-0.3, -0.25) is 0 Å². The maximum atomic E-state index is 5.91. The van der Waals surface area contributed by atoms with Gasteiger partial charge in [0.15, 0.2) is 0 Å². The van der Waals surface area contributed by atoms with Crippen molar-refractivity contribution < 1.29 is 17.7 Å². The summed E-state index contributed by atoms with van der Waals surface area (Å²) in [5.41, 5.74) is 0. The van der Waals surface area contributed by atoms with Gasteiger partial charge in [-0.1, -0.05) is 64.2 Å². The molecule has 0 amide bonds. The lowest BCUT2D eigenvalue weighted by molar-refractivity contribution is 0.187. The molecule has 0 aromatic carbocycles. The van der Waals surface area contributed by atoms with Gasteiger partial charge in [-0.05, 0) is 52.9 Å². The molecule has 4 nitrogen and oxygen atoms in total. The highest BCUT2D eigenvalue weighted by Crippen LogP contribution is 2.20. The molecule has 0 aliphatic heterocycles. The lowest BCUT2D eigenvalue weighted by Crippen LogP contribution is -2.38. The zero-order valence-electron chi connectivity index (χ0n) is 19.9. The summed E-state index contributed by atoms with van der Waals surface area (Å²) < 4.78 is 23.7. The molecule has 0 aromatic rings. The van der Waals surface area contributed by atoms with Crippen LogP contribution in [0.4, 0.5) is 0 Å². The summed E-state index contributed by atoms with van der Waals surface area (Å²) in [6.45, 7) is 15.8. The molecule has 0 spiro atoms. The highest BCUT2D eigenvalue weighted by Gasteiger charge is 2.30. The highest BCUT2D eigenvalue weighted by molar-refractivity contribution is 6.66. The molecule has 0 fully saturated rings. The molecule has 0 rings (SSSR count). The van der Waals surface area contributed by atoms with E-state index in [9.17, 15) is 0 Å². The first-order valence-corrected chi connectivity index (χ1v) is 17.1. The molecular formula is C22H50O4Si2. The van der Waals surface area contributed by atoms with Crippen molar-refractivity contribution in [3.8, 4) is 0 Å². The molecule has 0 radical (unpaired) electrons. The van der Waals surface area contributed by atoms with Gasteiger partial charge in [-0.15, -0.1) is 0 Å². The van der Waals surface area contributed by atoms with Gasteiger partial charge >= 0.3 is 17.1 Å². The van der Waals surface area contributed by atoms with E-state index in [2.05, 4.69) is 40.8 Å². The standard InChI is InChI=1S/C22H50O4Si2/c1-7-23-27(5,24-8-2)21-19-17-15-13-11-12-14-16-18-20-22-28(6,25-9-3)26-10-4/h7-22H2,1-6H3. The van der Waals surface area contributed by atoms with Gasteiger partial charge < -0.3 is 17.7 Å². The molecular weight excluding hydrogens is 384 g/mol. The van der Waals surface area contributed by atoms with Crippen LogP contribution >= 0.6 is 0 Å². The molecule has 6 heteroatoms. The Morgan fingerprint density at radius 3 is 0.821 bits per heavy atom. The molecule has 0 aliphatic rings. The number of hydrogen-bond donors (Lipinski definition) is 0. The van der Waals surface area contributed by atoms with Crippen molar-refractivity contribution in [2.45, 2.75) is 117 Å². The lowest BCUT2D eigenvalue weighted by atomic mass is 10.1. The van der Waals surface area contributed by atoms with E-state index >= 15 is 0 Å². The van der Waals surface area contributed by atoms with Gasteiger partial charge in [0.25, 0.3) is 0 Å². The van der Waals surface area contributed by atoms with E-state index in [1.165, 1.54) is 64.2 Å². The van der Waals surface area contributed by atoms with Crippen molar-refractivity contribution in [3.63, 3.8) is 0 Å². The Labute approximate surface area is 178 Å². The van der Waals surface area contributed by atoms with Crippen LogP contribution < -0.4 is 0 Å². The lowest BCUT2D eigenvalue weighted by Gasteiger charge is -2.25. The molecule has 0 aliphatic carbocycles. The van der Waals surface area contributed by atoms with Crippen molar-refractivity contribution in [1.29, 1.82) is 0 Å². The third kappa shape index (κ3) is 15.2. The van der Waals surface area contributed by atoms with E-state index in [4.69, 9.17) is 17.7 Å². The second-order valence-electron chi connectivity index (χ2n) is 8.04. The van der Waals surface area contributed by atoms with E-state index in [1.54, 1.807) is 0 Å². The zero-order chi connectivity index (χ0) is 21.1. The molecule has 0 unspecified atom stereocenters. The number of unbranched alkanes of at least 4 members (excludes halogenated alkanes) is 9. The molecule has 0 atom stereocenters. The zero-order valence-corrected chi connectivity index (χ0v) is 21.9. The summed E-state index contributed by atoms with van der Waals surface area (Å²) in [4.78, 5) is 0. The quantitative estimate of drug-likeness (QED) is 0.142. The molecule has 0 bridgehead atoms. The summed E-state index contributed by atoms with van der Waals surface area (Å²) >= 11 is 0. The second kappa shape index (κ2) is 18.1. The van der Waals surface area contributed by atoms with Gasteiger partial charge in [0.05, 0.1) is 0 Å². The average Bonchev–Trinajstić information content (AvgIpc) is 2.63. The van der Waals surface area contributed by atoms with Crippen LogP contribution in [0, 0.1) is 0 Å². The summed E-state index contributed by atoms with van der Waals surface area (Å²) in [6.07, 6.45) is 13.4. The first kappa shape index (κ1) is 28.3. The van der Waals surface area contributed by atoms with Crippen LogP contribution in [0.1, 0.15) is 91.9 Å². The Bertz CT molecular complexity index is 298. The van der Waals surface area contributed by atoms with Crippen LogP contribution in [0.2, 0.25) is 25.2 Å². The van der Waals surface area contributed by atoms with E-state index in [0.29, 0.717) is 0 Å². The monoisotopic (exact) mass is 434 g/mol. The van der Waals surface area contributed by atoms with Crippen LogP contribution in [0.25, 0.3) is 0 Å². The van der Waals surface area contributed by atoms with Gasteiger partial charge in [0, 0.05) is 26.4 Å². The maximum absolute atomic E-state index is 5.91. The van der Waals surface area contributed by atoms with Crippen molar-refractivity contribution in [2.24, 2.45) is 0 Å². The SMILES string of the molecule is CCO[Si](C)(CCCCCCCCCCCC[Si](C)(OCC)OCC)OCC. The van der Waals surface area contributed by atoms with Gasteiger partial charge in [-0.2, -0.15) is 0 Å². The fraction of sp³-hybridized carbons (Fsp3) is 1.00. The fourth-order valence-corrected chi connectivity index (χ4v) is 8.87. The Hall–Kier alpha value is 0.274. The topological polar surface area (TPSA) is 36.9 Å². The van der Waals surface area contributed by atoms with Gasteiger partial charge in [-0.25, -0.2) is 0 Å². The Morgan fingerprint density at radius 2 is 0.607 bits per heavy atom. The smallest absolute Gasteiger partial charge is 0.334 e.